The minimum atomic E-state index is -0.970. The van der Waals surface area contributed by atoms with E-state index in [4.69, 9.17) is 10.8 Å². The van der Waals surface area contributed by atoms with Crippen molar-refractivity contribution in [3.63, 3.8) is 0 Å². The topological polar surface area (TPSA) is 83.6 Å². The smallest absolute Gasteiger partial charge is 0.307 e. The lowest BCUT2D eigenvalue weighted by molar-refractivity contribution is -0.136. The zero-order valence-corrected chi connectivity index (χ0v) is 7.90. The van der Waals surface area contributed by atoms with Crippen LogP contribution in [0.3, 0.4) is 0 Å². The first-order valence-electron chi connectivity index (χ1n) is 4.30. The van der Waals surface area contributed by atoms with E-state index in [1.165, 1.54) is 0 Å². The Morgan fingerprint density at radius 3 is 2.71 bits per heavy atom. The van der Waals surface area contributed by atoms with Crippen LogP contribution in [0.15, 0.2) is 18.2 Å². The van der Waals surface area contributed by atoms with E-state index in [1.807, 2.05) is 0 Å². The van der Waals surface area contributed by atoms with Crippen LogP contribution in [0.5, 0.6) is 5.75 Å². The van der Waals surface area contributed by atoms with Gasteiger partial charge in [-0.05, 0) is 6.92 Å². The van der Waals surface area contributed by atoms with E-state index < -0.39 is 5.97 Å². The number of aliphatic carboxylic acids is 1. The second-order valence-corrected chi connectivity index (χ2v) is 3.21. The van der Waals surface area contributed by atoms with Gasteiger partial charge in [-0.3, -0.25) is 4.79 Å². The van der Waals surface area contributed by atoms with Crippen molar-refractivity contribution in [3.05, 3.63) is 29.3 Å². The summed E-state index contributed by atoms with van der Waals surface area (Å²) in [5.74, 6) is -0.980. The van der Waals surface area contributed by atoms with E-state index in [0.29, 0.717) is 11.1 Å². The first-order chi connectivity index (χ1) is 6.52. The molecule has 0 unspecified atom stereocenters. The Bertz CT molecular complexity index is 347. The lowest BCUT2D eigenvalue weighted by Gasteiger charge is -2.10. The summed E-state index contributed by atoms with van der Waals surface area (Å²) >= 11 is 0. The highest BCUT2D eigenvalue weighted by molar-refractivity contribution is 5.71. The zero-order chi connectivity index (χ0) is 10.7. The quantitative estimate of drug-likeness (QED) is 0.672. The fourth-order valence-electron chi connectivity index (χ4n) is 1.28. The van der Waals surface area contributed by atoms with Gasteiger partial charge >= 0.3 is 5.97 Å². The van der Waals surface area contributed by atoms with Crippen LogP contribution in [0.1, 0.15) is 24.1 Å². The third-order valence-electron chi connectivity index (χ3n) is 1.98. The molecule has 0 saturated heterocycles. The molecule has 0 heterocycles. The Morgan fingerprint density at radius 1 is 1.57 bits per heavy atom. The molecule has 0 bridgehead atoms. The minimum Gasteiger partial charge on any atom is -0.507 e. The van der Waals surface area contributed by atoms with E-state index in [1.54, 1.807) is 25.1 Å². The number of phenols is 1. The molecule has 0 amide bonds. The zero-order valence-electron chi connectivity index (χ0n) is 7.90. The summed E-state index contributed by atoms with van der Waals surface area (Å²) < 4.78 is 0. The molecule has 1 aromatic rings. The summed E-state index contributed by atoms with van der Waals surface area (Å²) in [4.78, 5) is 10.5. The summed E-state index contributed by atoms with van der Waals surface area (Å²) in [6.45, 7) is 1.74. The number of hydrogen-bond acceptors (Lipinski definition) is 3. The Balaban J connectivity index is 3.07. The largest absolute Gasteiger partial charge is 0.507 e. The Labute approximate surface area is 82.0 Å². The molecule has 14 heavy (non-hydrogen) atoms. The number of rotatable bonds is 3. The molecule has 4 heteroatoms. The molecule has 76 valence electrons. The molecular weight excluding hydrogens is 182 g/mol. The first-order valence-corrected chi connectivity index (χ1v) is 4.30. The normalized spacial score (nSPS) is 12.4. The molecule has 4 nitrogen and oxygen atoms in total. The van der Waals surface area contributed by atoms with Gasteiger partial charge in [0.1, 0.15) is 5.75 Å². The van der Waals surface area contributed by atoms with Crippen LogP contribution in [-0.4, -0.2) is 16.2 Å². The maximum Gasteiger partial charge on any atom is 0.307 e. The molecule has 0 spiro atoms. The summed E-state index contributed by atoms with van der Waals surface area (Å²) in [5.41, 5.74) is 6.58. The number of carboxylic acid groups (broad SMARTS) is 1. The summed E-state index contributed by atoms with van der Waals surface area (Å²) in [5, 5.41) is 18.2. The third-order valence-corrected chi connectivity index (χ3v) is 1.98. The van der Waals surface area contributed by atoms with Crippen LogP contribution in [0.25, 0.3) is 0 Å². The molecule has 4 N–H and O–H groups in total. The molecular formula is C10H13NO3. The number of phenolic OH excluding ortho intramolecular Hbond substituents is 1. The average Bonchev–Trinajstić information content (AvgIpc) is 2.07. The van der Waals surface area contributed by atoms with Crippen molar-refractivity contribution >= 4 is 5.97 Å². The number of para-hydroxylation sites is 1. The van der Waals surface area contributed by atoms with Gasteiger partial charge in [0.15, 0.2) is 0 Å². The number of nitrogens with two attached hydrogens (primary N) is 1. The van der Waals surface area contributed by atoms with Crippen LogP contribution < -0.4 is 5.73 Å². The van der Waals surface area contributed by atoms with E-state index in [0.717, 1.165) is 0 Å². The van der Waals surface area contributed by atoms with Gasteiger partial charge in [-0.2, -0.15) is 0 Å². The summed E-state index contributed by atoms with van der Waals surface area (Å²) in [6.07, 6.45) is -0.188. The van der Waals surface area contributed by atoms with Crippen molar-refractivity contribution in [2.24, 2.45) is 5.73 Å². The SMILES string of the molecule is C[C@@H](N)c1cccc(CC(=O)O)c1O. The maximum atomic E-state index is 10.5. The fourth-order valence-corrected chi connectivity index (χ4v) is 1.28. The van der Waals surface area contributed by atoms with Crippen LogP contribution >= 0.6 is 0 Å². The van der Waals surface area contributed by atoms with Gasteiger partial charge in [0.05, 0.1) is 6.42 Å². The van der Waals surface area contributed by atoms with Crippen LogP contribution in [0, 0.1) is 0 Å². The van der Waals surface area contributed by atoms with Crippen molar-refractivity contribution in [2.45, 2.75) is 19.4 Å². The molecule has 1 rings (SSSR count). The number of carboxylic acids is 1. The first kappa shape index (κ1) is 10.5. The number of carbonyl (C=O) groups is 1. The number of benzene rings is 1. The molecule has 0 aromatic heterocycles. The highest BCUT2D eigenvalue weighted by Crippen LogP contribution is 2.26. The minimum absolute atomic E-state index is 0.00935. The van der Waals surface area contributed by atoms with Crippen LogP contribution in [0.4, 0.5) is 0 Å². The highest BCUT2D eigenvalue weighted by Gasteiger charge is 2.11. The van der Waals surface area contributed by atoms with Gasteiger partial charge < -0.3 is 15.9 Å². The molecule has 1 aromatic carbocycles. The monoisotopic (exact) mass is 195 g/mol. The van der Waals surface area contributed by atoms with Crippen LogP contribution in [-0.2, 0) is 11.2 Å². The average molecular weight is 195 g/mol. The second-order valence-electron chi connectivity index (χ2n) is 3.21. The molecule has 1 atom stereocenters. The third kappa shape index (κ3) is 2.23. The molecule has 0 radical (unpaired) electrons. The Hall–Kier alpha value is -1.55. The van der Waals surface area contributed by atoms with Gasteiger partial charge in [0, 0.05) is 17.2 Å². The molecule has 0 saturated carbocycles. The van der Waals surface area contributed by atoms with E-state index in [9.17, 15) is 9.90 Å². The van der Waals surface area contributed by atoms with Crippen LogP contribution in [0.2, 0.25) is 0 Å². The van der Waals surface area contributed by atoms with Crippen molar-refractivity contribution in [1.82, 2.24) is 0 Å². The van der Waals surface area contributed by atoms with Gasteiger partial charge in [-0.1, -0.05) is 18.2 Å². The van der Waals surface area contributed by atoms with Crippen molar-refractivity contribution in [1.29, 1.82) is 0 Å². The van der Waals surface area contributed by atoms with E-state index in [-0.39, 0.29) is 18.2 Å². The van der Waals surface area contributed by atoms with Gasteiger partial charge in [-0.15, -0.1) is 0 Å². The van der Waals surface area contributed by atoms with Crippen molar-refractivity contribution < 1.29 is 15.0 Å². The Kier molecular flexibility index (Phi) is 3.09. The maximum absolute atomic E-state index is 10.5. The van der Waals surface area contributed by atoms with Gasteiger partial charge in [0.25, 0.3) is 0 Å². The van der Waals surface area contributed by atoms with Crippen molar-refractivity contribution in [2.75, 3.05) is 0 Å². The lowest BCUT2D eigenvalue weighted by Crippen LogP contribution is -2.07. The standard InChI is InChI=1S/C10H13NO3/c1-6(11)8-4-2-3-7(10(8)14)5-9(12)13/h2-4,6,14H,5,11H2,1H3,(H,12,13)/t6-/m1/s1. The fraction of sp³-hybridized carbons (Fsp3) is 0.300. The Morgan fingerprint density at radius 2 is 2.21 bits per heavy atom. The molecule has 0 aliphatic rings. The molecule has 0 fully saturated rings. The van der Waals surface area contributed by atoms with E-state index >= 15 is 0 Å². The predicted octanol–water partition coefficient (Wildman–Crippen LogP) is 1.04. The predicted molar refractivity (Wildman–Crippen MR) is 52.0 cm³/mol. The van der Waals surface area contributed by atoms with Gasteiger partial charge in [-0.25, -0.2) is 0 Å². The number of hydrogen-bond donors (Lipinski definition) is 3. The van der Waals surface area contributed by atoms with E-state index in [2.05, 4.69) is 0 Å². The summed E-state index contributed by atoms with van der Waals surface area (Å²) in [6, 6.07) is 4.65. The molecule has 0 aliphatic carbocycles. The molecule has 0 aliphatic heterocycles. The lowest BCUT2D eigenvalue weighted by atomic mass is 10.0. The second kappa shape index (κ2) is 4.11. The highest BCUT2D eigenvalue weighted by atomic mass is 16.4. The summed E-state index contributed by atoms with van der Waals surface area (Å²) in [7, 11) is 0. The van der Waals surface area contributed by atoms with Gasteiger partial charge in [0.2, 0.25) is 0 Å². The van der Waals surface area contributed by atoms with Crippen molar-refractivity contribution in [3.8, 4) is 5.75 Å². The number of aromatic hydroxyl groups is 1.